The quantitative estimate of drug-likeness (QED) is 0.761. The molecule has 1 aliphatic rings. The highest BCUT2D eigenvalue weighted by molar-refractivity contribution is 5.81. The minimum Gasteiger partial charge on any atom is -0.379 e. The fourth-order valence-corrected chi connectivity index (χ4v) is 2.82. The summed E-state index contributed by atoms with van der Waals surface area (Å²) in [7, 11) is 0. The molecule has 1 saturated heterocycles. The number of hydrogen-bond donors (Lipinski definition) is 1. The molecule has 1 aliphatic heterocycles. The third-order valence-electron chi connectivity index (χ3n) is 4.00. The summed E-state index contributed by atoms with van der Waals surface area (Å²) in [6.45, 7) is 4.23. The van der Waals surface area contributed by atoms with Crippen LogP contribution in [0.3, 0.4) is 0 Å². The van der Waals surface area contributed by atoms with Gasteiger partial charge in [-0.25, -0.2) is 0 Å². The van der Waals surface area contributed by atoms with Crippen molar-refractivity contribution in [2.75, 3.05) is 26.4 Å². The number of hydrogen-bond acceptors (Lipinski definition) is 4. The van der Waals surface area contributed by atoms with Crippen molar-refractivity contribution in [1.82, 2.24) is 10.3 Å². The van der Waals surface area contributed by atoms with E-state index in [1.54, 1.807) is 0 Å². The molecule has 2 heterocycles. The second kappa shape index (κ2) is 8.22. The van der Waals surface area contributed by atoms with Gasteiger partial charge in [0.05, 0.1) is 18.2 Å². The van der Waals surface area contributed by atoms with Gasteiger partial charge in [0, 0.05) is 31.3 Å². The molecule has 0 amide bonds. The summed E-state index contributed by atoms with van der Waals surface area (Å²) in [6, 6.07) is 10.4. The number of rotatable bonds is 8. The first-order chi connectivity index (χ1) is 10.9. The Bertz CT molecular complexity index is 577. The standard InChI is InChI=1S/C18H24N2O2/c1-5-15-7-2-10-20-18(15)16(6-1)13-19-9-4-11-21-14-17-8-3-12-22-17/h1-2,5-7,10,17,19H,3-4,8-9,11-14H2/t17-/m0/s1. The molecule has 0 unspecified atom stereocenters. The molecule has 0 bridgehead atoms. The zero-order valence-electron chi connectivity index (χ0n) is 13.0. The predicted octanol–water partition coefficient (Wildman–Crippen LogP) is 2.91. The van der Waals surface area contributed by atoms with Crippen LogP contribution in [0, 0.1) is 0 Å². The minimum absolute atomic E-state index is 0.328. The van der Waals surface area contributed by atoms with Crippen molar-refractivity contribution >= 4 is 10.9 Å². The molecule has 0 aliphatic carbocycles. The molecule has 2 aromatic rings. The second-order valence-corrected chi connectivity index (χ2v) is 5.73. The largest absolute Gasteiger partial charge is 0.379 e. The zero-order chi connectivity index (χ0) is 15.0. The van der Waals surface area contributed by atoms with Crippen LogP contribution in [-0.4, -0.2) is 37.5 Å². The molecule has 1 aromatic heterocycles. The van der Waals surface area contributed by atoms with Gasteiger partial charge in [-0.3, -0.25) is 4.98 Å². The molecular weight excluding hydrogens is 276 g/mol. The van der Waals surface area contributed by atoms with Crippen molar-refractivity contribution < 1.29 is 9.47 Å². The summed E-state index contributed by atoms with van der Waals surface area (Å²) in [5.74, 6) is 0. The van der Waals surface area contributed by atoms with E-state index in [1.807, 2.05) is 12.3 Å². The van der Waals surface area contributed by atoms with Crippen LogP contribution in [0.2, 0.25) is 0 Å². The highest BCUT2D eigenvalue weighted by Gasteiger charge is 2.14. The third-order valence-corrected chi connectivity index (χ3v) is 4.00. The molecule has 1 fully saturated rings. The Balaban J connectivity index is 1.34. The number of nitrogens with one attached hydrogen (secondary N) is 1. The van der Waals surface area contributed by atoms with E-state index < -0.39 is 0 Å². The molecule has 1 N–H and O–H groups in total. The van der Waals surface area contributed by atoms with Crippen LogP contribution in [0.15, 0.2) is 36.5 Å². The molecule has 0 radical (unpaired) electrons. The lowest BCUT2D eigenvalue weighted by Gasteiger charge is -2.10. The van der Waals surface area contributed by atoms with Crippen molar-refractivity contribution in [3.63, 3.8) is 0 Å². The molecule has 1 atom stereocenters. The smallest absolute Gasteiger partial charge is 0.0809 e. The third kappa shape index (κ3) is 4.26. The fraction of sp³-hybridized carbons (Fsp3) is 0.500. The van der Waals surface area contributed by atoms with Gasteiger partial charge >= 0.3 is 0 Å². The lowest BCUT2D eigenvalue weighted by molar-refractivity contribution is 0.0166. The first kappa shape index (κ1) is 15.4. The molecule has 3 rings (SSSR count). The Labute approximate surface area is 131 Å². The first-order valence-electron chi connectivity index (χ1n) is 8.16. The van der Waals surface area contributed by atoms with Crippen molar-refractivity contribution in [3.05, 3.63) is 42.1 Å². The molecule has 1 aromatic carbocycles. The zero-order valence-corrected chi connectivity index (χ0v) is 13.0. The molecule has 4 heteroatoms. The molecule has 4 nitrogen and oxygen atoms in total. The van der Waals surface area contributed by atoms with Crippen LogP contribution in [0.25, 0.3) is 10.9 Å². The molecule has 0 spiro atoms. The van der Waals surface area contributed by atoms with E-state index in [2.05, 4.69) is 34.6 Å². The number of pyridine rings is 1. The number of fused-ring (bicyclic) bond motifs is 1. The van der Waals surface area contributed by atoms with Crippen LogP contribution in [0.5, 0.6) is 0 Å². The van der Waals surface area contributed by atoms with Gasteiger partial charge in [0.25, 0.3) is 0 Å². The Morgan fingerprint density at radius 1 is 1.27 bits per heavy atom. The van der Waals surface area contributed by atoms with Crippen molar-refractivity contribution in [2.45, 2.75) is 31.9 Å². The number of aromatic nitrogens is 1. The predicted molar refractivity (Wildman–Crippen MR) is 87.9 cm³/mol. The maximum atomic E-state index is 5.66. The number of nitrogens with zero attached hydrogens (tertiary/aromatic N) is 1. The van der Waals surface area contributed by atoms with Crippen LogP contribution in [-0.2, 0) is 16.0 Å². The van der Waals surface area contributed by atoms with Gasteiger partial charge < -0.3 is 14.8 Å². The normalized spacial score (nSPS) is 18.1. The van der Waals surface area contributed by atoms with E-state index in [-0.39, 0.29) is 0 Å². The topological polar surface area (TPSA) is 43.4 Å². The van der Waals surface area contributed by atoms with Gasteiger partial charge in [0.2, 0.25) is 0 Å². The highest BCUT2D eigenvalue weighted by Crippen LogP contribution is 2.15. The summed E-state index contributed by atoms with van der Waals surface area (Å²) >= 11 is 0. The van der Waals surface area contributed by atoms with E-state index in [9.17, 15) is 0 Å². The number of ether oxygens (including phenoxy) is 2. The van der Waals surface area contributed by atoms with E-state index in [0.29, 0.717) is 6.10 Å². The van der Waals surface area contributed by atoms with Gasteiger partial charge in [-0.05, 0) is 37.4 Å². The van der Waals surface area contributed by atoms with Crippen LogP contribution < -0.4 is 5.32 Å². The molecular formula is C18H24N2O2. The number of para-hydroxylation sites is 1. The average Bonchev–Trinajstić information content (AvgIpc) is 3.07. The minimum atomic E-state index is 0.328. The van der Waals surface area contributed by atoms with Gasteiger partial charge in [0.15, 0.2) is 0 Å². The van der Waals surface area contributed by atoms with Gasteiger partial charge in [-0.1, -0.05) is 24.3 Å². The Kier molecular flexibility index (Phi) is 5.76. The van der Waals surface area contributed by atoms with E-state index in [1.165, 1.54) is 17.4 Å². The SMILES string of the molecule is c1cnc2c(CNCCCOC[C@@H]3CCCO3)cccc2c1. The number of benzene rings is 1. The van der Waals surface area contributed by atoms with Crippen molar-refractivity contribution in [1.29, 1.82) is 0 Å². The Morgan fingerprint density at radius 3 is 3.14 bits per heavy atom. The maximum absolute atomic E-state index is 5.66. The van der Waals surface area contributed by atoms with Gasteiger partial charge in [-0.15, -0.1) is 0 Å². The summed E-state index contributed by atoms with van der Waals surface area (Å²) in [6.07, 6.45) is 5.52. The monoisotopic (exact) mass is 300 g/mol. The van der Waals surface area contributed by atoms with Crippen molar-refractivity contribution in [3.8, 4) is 0 Å². The Morgan fingerprint density at radius 2 is 2.23 bits per heavy atom. The lowest BCUT2D eigenvalue weighted by atomic mass is 10.1. The van der Waals surface area contributed by atoms with Gasteiger partial charge in [-0.2, -0.15) is 0 Å². The van der Waals surface area contributed by atoms with Gasteiger partial charge in [0.1, 0.15) is 0 Å². The molecule has 22 heavy (non-hydrogen) atoms. The second-order valence-electron chi connectivity index (χ2n) is 5.73. The van der Waals surface area contributed by atoms with Crippen molar-refractivity contribution in [2.24, 2.45) is 0 Å². The average molecular weight is 300 g/mol. The van der Waals surface area contributed by atoms with E-state index >= 15 is 0 Å². The van der Waals surface area contributed by atoms with Crippen LogP contribution in [0.4, 0.5) is 0 Å². The van der Waals surface area contributed by atoms with Crippen LogP contribution in [0.1, 0.15) is 24.8 Å². The maximum Gasteiger partial charge on any atom is 0.0809 e. The summed E-state index contributed by atoms with van der Waals surface area (Å²) < 4.78 is 11.2. The van der Waals surface area contributed by atoms with E-state index in [0.717, 1.165) is 51.3 Å². The fourth-order valence-electron chi connectivity index (χ4n) is 2.82. The lowest BCUT2D eigenvalue weighted by Crippen LogP contribution is -2.19. The summed E-state index contributed by atoms with van der Waals surface area (Å²) in [5.41, 5.74) is 2.34. The van der Waals surface area contributed by atoms with E-state index in [4.69, 9.17) is 9.47 Å². The summed E-state index contributed by atoms with van der Waals surface area (Å²) in [4.78, 5) is 4.48. The molecule has 0 saturated carbocycles. The summed E-state index contributed by atoms with van der Waals surface area (Å²) in [5, 5.41) is 4.67. The Hall–Kier alpha value is -1.49. The molecule has 118 valence electrons. The van der Waals surface area contributed by atoms with Crippen LogP contribution >= 0.6 is 0 Å². The highest BCUT2D eigenvalue weighted by atomic mass is 16.5. The first-order valence-corrected chi connectivity index (χ1v) is 8.16.